The Morgan fingerprint density at radius 1 is 1.48 bits per heavy atom. The molecule has 0 aliphatic carbocycles. The summed E-state index contributed by atoms with van der Waals surface area (Å²) in [6.45, 7) is 2.74. The van der Waals surface area contributed by atoms with Crippen LogP contribution in [0, 0.1) is 17.7 Å². The third-order valence-electron chi connectivity index (χ3n) is 5.47. The zero-order valence-electron chi connectivity index (χ0n) is 11.8. The van der Waals surface area contributed by atoms with Crippen LogP contribution in [-0.2, 0) is 11.3 Å². The summed E-state index contributed by atoms with van der Waals surface area (Å²) in [5.74, 6) is 0.385. The van der Waals surface area contributed by atoms with E-state index in [1.807, 2.05) is 0 Å². The van der Waals surface area contributed by atoms with E-state index in [9.17, 15) is 9.50 Å². The van der Waals surface area contributed by atoms with Gasteiger partial charge in [0.05, 0.1) is 11.7 Å². The number of aliphatic hydroxyl groups is 1. The third-order valence-corrected chi connectivity index (χ3v) is 5.83. The normalized spacial score (nSPS) is 38.1. The van der Waals surface area contributed by atoms with Crippen LogP contribution in [0.25, 0.3) is 0 Å². The molecule has 0 amide bonds. The molecule has 0 radical (unpaired) electrons. The summed E-state index contributed by atoms with van der Waals surface area (Å²) < 4.78 is 19.3. The maximum atomic E-state index is 13.1. The predicted molar refractivity (Wildman–Crippen MR) is 77.6 cm³/mol. The van der Waals surface area contributed by atoms with E-state index >= 15 is 0 Å². The van der Waals surface area contributed by atoms with Crippen LogP contribution < -0.4 is 0 Å². The number of hydrogen-bond acceptors (Lipinski definition) is 3. The highest BCUT2D eigenvalue weighted by Crippen LogP contribution is 2.54. The second-order valence-corrected chi connectivity index (χ2v) is 7.03. The molecule has 3 aliphatic heterocycles. The predicted octanol–water partition coefficient (Wildman–Crippen LogP) is 2.45. The van der Waals surface area contributed by atoms with Gasteiger partial charge in [-0.05, 0) is 30.5 Å². The van der Waals surface area contributed by atoms with Crippen molar-refractivity contribution in [3.05, 3.63) is 34.6 Å². The quantitative estimate of drug-likeness (QED) is 0.931. The number of likely N-dealkylation sites (tertiary alicyclic amines) is 1. The molecule has 1 spiro atoms. The summed E-state index contributed by atoms with van der Waals surface area (Å²) in [5.41, 5.74) is 0.884. The number of rotatable bonds is 3. The smallest absolute Gasteiger partial charge is 0.124 e. The van der Waals surface area contributed by atoms with E-state index in [1.54, 1.807) is 6.07 Å². The molecule has 0 aromatic heterocycles. The van der Waals surface area contributed by atoms with Gasteiger partial charge in [-0.25, -0.2) is 4.39 Å². The average molecular weight is 312 g/mol. The standard InChI is InChI=1S/C16H19ClFNO2/c17-14-5-11(18)2-1-10(14)6-19-7-13-12(8-20)15-3-4-16(13,9-19)21-15/h1-2,5,12-13,15,20H,3-4,6-9H2/t12-,13+,15+,16+/m0/s1. The number of halogens is 2. The van der Waals surface area contributed by atoms with E-state index < -0.39 is 0 Å². The molecule has 0 unspecified atom stereocenters. The third kappa shape index (κ3) is 2.12. The monoisotopic (exact) mass is 311 g/mol. The molecule has 3 fully saturated rings. The van der Waals surface area contributed by atoms with Gasteiger partial charge in [-0.2, -0.15) is 0 Å². The van der Waals surface area contributed by atoms with Crippen LogP contribution >= 0.6 is 11.6 Å². The van der Waals surface area contributed by atoms with Gasteiger partial charge < -0.3 is 9.84 Å². The van der Waals surface area contributed by atoms with Gasteiger partial charge in [0.25, 0.3) is 0 Å². The Bertz CT molecular complexity index is 569. The molecule has 1 N–H and O–H groups in total. The Labute approximate surface area is 128 Å². The highest BCUT2D eigenvalue weighted by atomic mass is 35.5. The van der Waals surface area contributed by atoms with Gasteiger partial charge >= 0.3 is 0 Å². The van der Waals surface area contributed by atoms with Crippen molar-refractivity contribution in [1.29, 1.82) is 0 Å². The van der Waals surface area contributed by atoms with Gasteiger partial charge in [-0.15, -0.1) is 0 Å². The molecular formula is C16H19ClFNO2. The summed E-state index contributed by atoms with van der Waals surface area (Å²) in [5, 5.41) is 10.1. The fourth-order valence-corrected chi connectivity index (χ4v) is 4.77. The second kappa shape index (κ2) is 4.92. The minimum absolute atomic E-state index is 0.0649. The molecule has 3 heterocycles. The second-order valence-electron chi connectivity index (χ2n) is 6.62. The zero-order chi connectivity index (χ0) is 14.6. The number of benzene rings is 1. The lowest BCUT2D eigenvalue weighted by molar-refractivity contribution is 0.000380. The largest absolute Gasteiger partial charge is 0.396 e. The van der Waals surface area contributed by atoms with Crippen LogP contribution in [0.15, 0.2) is 18.2 Å². The summed E-state index contributed by atoms with van der Waals surface area (Å²) in [6.07, 6.45) is 2.40. The van der Waals surface area contributed by atoms with Crippen molar-refractivity contribution in [2.75, 3.05) is 19.7 Å². The van der Waals surface area contributed by atoms with E-state index in [0.717, 1.165) is 31.5 Å². The highest BCUT2D eigenvalue weighted by molar-refractivity contribution is 6.31. The average Bonchev–Trinajstić information content (AvgIpc) is 3.08. The summed E-state index contributed by atoms with van der Waals surface area (Å²) in [4.78, 5) is 2.33. The zero-order valence-corrected chi connectivity index (χ0v) is 12.5. The molecule has 3 saturated heterocycles. The molecule has 4 atom stereocenters. The van der Waals surface area contributed by atoms with Crippen molar-refractivity contribution < 1.29 is 14.2 Å². The van der Waals surface area contributed by atoms with Crippen LogP contribution in [-0.4, -0.2) is 41.4 Å². The Balaban J connectivity index is 1.52. The minimum atomic E-state index is -0.303. The van der Waals surface area contributed by atoms with Crippen molar-refractivity contribution in [2.24, 2.45) is 11.8 Å². The first-order valence-corrected chi connectivity index (χ1v) is 7.94. The Morgan fingerprint density at radius 3 is 3.10 bits per heavy atom. The SMILES string of the molecule is OC[C@H]1[C@H]2CN(Cc3ccc(F)cc3Cl)C[C@]23CC[C@H]1O3. The van der Waals surface area contributed by atoms with Crippen molar-refractivity contribution in [2.45, 2.75) is 31.1 Å². The molecule has 0 saturated carbocycles. The van der Waals surface area contributed by atoms with E-state index in [-0.39, 0.29) is 30.0 Å². The van der Waals surface area contributed by atoms with E-state index in [2.05, 4.69) is 4.90 Å². The van der Waals surface area contributed by atoms with Gasteiger partial charge in [0.2, 0.25) is 0 Å². The van der Waals surface area contributed by atoms with Gasteiger partial charge in [0.1, 0.15) is 5.82 Å². The molecule has 21 heavy (non-hydrogen) atoms. The van der Waals surface area contributed by atoms with Crippen LogP contribution in [0.5, 0.6) is 0 Å². The number of fused-ring (bicyclic) bond motifs is 1. The molecule has 5 heteroatoms. The Hall–Kier alpha value is -0.680. The molecule has 1 aromatic rings. The minimum Gasteiger partial charge on any atom is -0.396 e. The molecule has 3 nitrogen and oxygen atoms in total. The Kier molecular flexibility index (Phi) is 3.26. The van der Waals surface area contributed by atoms with Crippen LogP contribution in [0.2, 0.25) is 5.02 Å². The highest BCUT2D eigenvalue weighted by Gasteiger charge is 2.62. The summed E-state index contributed by atoms with van der Waals surface area (Å²) in [7, 11) is 0. The first kappa shape index (κ1) is 13.9. The van der Waals surface area contributed by atoms with Gasteiger partial charge in [-0.3, -0.25) is 4.90 Å². The number of aliphatic hydroxyl groups excluding tert-OH is 1. The molecule has 114 valence electrons. The van der Waals surface area contributed by atoms with Crippen molar-refractivity contribution >= 4 is 11.6 Å². The first-order chi connectivity index (χ1) is 10.1. The first-order valence-electron chi connectivity index (χ1n) is 7.56. The van der Waals surface area contributed by atoms with E-state index in [1.165, 1.54) is 12.1 Å². The molecule has 1 aromatic carbocycles. The van der Waals surface area contributed by atoms with Crippen LogP contribution in [0.3, 0.4) is 0 Å². The van der Waals surface area contributed by atoms with Crippen LogP contribution in [0.1, 0.15) is 18.4 Å². The van der Waals surface area contributed by atoms with Gasteiger partial charge in [-0.1, -0.05) is 17.7 Å². The fraction of sp³-hybridized carbons (Fsp3) is 0.625. The molecular weight excluding hydrogens is 293 g/mol. The van der Waals surface area contributed by atoms with Gasteiger partial charge in [0, 0.05) is 43.1 Å². The van der Waals surface area contributed by atoms with Crippen molar-refractivity contribution in [3.63, 3.8) is 0 Å². The maximum Gasteiger partial charge on any atom is 0.124 e. The number of ether oxygens (including phenoxy) is 1. The van der Waals surface area contributed by atoms with Crippen molar-refractivity contribution in [3.8, 4) is 0 Å². The van der Waals surface area contributed by atoms with Crippen molar-refractivity contribution in [1.82, 2.24) is 4.90 Å². The lowest BCUT2D eigenvalue weighted by Gasteiger charge is -2.28. The number of nitrogens with zero attached hydrogens (tertiary/aromatic N) is 1. The maximum absolute atomic E-state index is 13.1. The lowest BCUT2D eigenvalue weighted by Crippen LogP contribution is -2.37. The molecule has 3 aliphatic rings. The fourth-order valence-electron chi connectivity index (χ4n) is 4.54. The Morgan fingerprint density at radius 2 is 2.33 bits per heavy atom. The number of hydrogen-bond donors (Lipinski definition) is 1. The molecule has 4 rings (SSSR count). The summed E-state index contributed by atoms with van der Waals surface area (Å²) >= 11 is 6.12. The van der Waals surface area contributed by atoms with Gasteiger partial charge in [0.15, 0.2) is 0 Å². The lowest BCUT2D eigenvalue weighted by atomic mass is 9.74. The van der Waals surface area contributed by atoms with E-state index in [4.69, 9.17) is 16.3 Å². The van der Waals surface area contributed by atoms with E-state index in [0.29, 0.717) is 17.5 Å². The molecule has 2 bridgehead atoms. The topological polar surface area (TPSA) is 32.7 Å². The summed E-state index contributed by atoms with van der Waals surface area (Å²) in [6, 6.07) is 4.57. The van der Waals surface area contributed by atoms with Crippen LogP contribution in [0.4, 0.5) is 4.39 Å².